The first-order chi connectivity index (χ1) is 11.1. The second kappa shape index (κ2) is 7.79. The van der Waals surface area contributed by atoms with E-state index in [9.17, 15) is 4.79 Å². The van der Waals surface area contributed by atoms with Crippen molar-refractivity contribution in [1.29, 1.82) is 0 Å². The molecule has 0 aliphatic heterocycles. The number of nitrogens with two attached hydrogens (primary N) is 1. The van der Waals surface area contributed by atoms with E-state index in [1.807, 2.05) is 12.1 Å². The van der Waals surface area contributed by atoms with Crippen molar-refractivity contribution in [2.24, 2.45) is 5.10 Å². The molecule has 0 saturated heterocycles. The zero-order chi connectivity index (χ0) is 16.7. The average molecular weight is 309 g/mol. The highest BCUT2D eigenvalue weighted by atomic mass is 16.5. The SMILES string of the molecule is C=CCOc1ccc(C(=O)N/N=C(\C)c2cccc(N)c2)cc1. The van der Waals surface area contributed by atoms with E-state index in [4.69, 9.17) is 10.5 Å². The lowest BCUT2D eigenvalue weighted by Crippen LogP contribution is -2.19. The highest BCUT2D eigenvalue weighted by Crippen LogP contribution is 2.12. The van der Waals surface area contributed by atoms with Gasteiger partial charge in [0, 0.05) is 11.3 Å². The summed E-state index contributed by atoms with van der Waals surface area (Å²) in [7, 11) is 0. The van der Waals surface area contributed by atoms with E-state index in [-0.39, 0.29) is 5.91 Å². The lowest BCUT2D eigenvalue weighted by molar-refractivity contribution is 0.0955. The minimum Gasteiger partial charge on any atom is -0.490 e. The number of rotatable bonds is 6. The van der Waals surface area contributed by atoms with E-state index in [0.717, 1.165) is 5.56 Å². The van der Waals surface area contributed by atoms with Crippen LogP contribution in [0.15, 0.2) is 66.3 Å². The first-order valence-corrected chi connectivity index (χ1v) is 7.14. The molecule has 0 saturated carbocycles. The van der Waals surface area contributed by atoms with Gasteiger partial charge in [-0.15, -0.1) is 0 Å². The van der Waals surface area contributed by atoms with E-state index in [2.05, 4.69) is 17.1 Å². The number of anilines is 1. The van der Waals surface area contributed by atoms with Crippen LogP contribution in [0.5, 0.6) is 5.75 Å². The second-order valence-electron chi connectivity index (χ2n) is 4.89. The normalized spacial score (nSPS) is 10.9. The fourth-order valence-electron chi connectivity index (χ4n) is 1.89. The van der Waals surface area contributed by atoms with Gasteiger partial charge in [0.25, 0.3) is 5.91 Å². The molecule has 5 nitrogen and oxygen atoms in total. The van der Waals surface area contributed by atoms with Crippen molar-refractivity contribution in [2.75, 3.05) is 12.3 Å². The van der Waals surface area contributed by atoms with Gasteiger partial charge in [-0.1, -0.05) is 24.8 Å². The summed E-state index contributed by atoms with van der Waals surface area (Å²) in [5.74, 6) is 0.393. The molecule has 2 aromatic rings. The molecule has 0 atom stereocenters. The van der Waals surface area contributed by atoms with Gasteiger partial charge in [0.05, 0.1) is 5.71 Å². The zero-order valence-corrected chi connectivity index (χ0v) is 13.0. The average Bonchev–Trinajstić information content (AvgIpc) is 2.58. The van der Waals surface area contributed by atoms with Gasteiger partial charge in [0.1, 0.15) is 12.4 Å². The molecule has 0 aliphatic carbocycles. The second-order valence-corrected chi connectivity index (χ2v) is 4.89. The van der Waals surface area contributed by atoms with Crippen LogP contribution in [0.25, 0.3) is 0 Å². The van der Waals surface area contributed by atoms with Crippen molar-refractivity contribution in [3.63, 3.8) is 0 Å². The summed E-state index contributed by atoms with van der Waals surface area (Å²) in [5.41, 5.74) is 11.0. The molecular formula is C18H19N3O2. The maximum absolute atomic E-state index is 12.1. The molecule has 0 bridgehead atoms. The number of carbonyl (C=O) groups is 1. The Kier molecular flexibility index (Phi) is 5.52. The zero-order valence-electron chi connectivity index (χ0n) is 13.0. The van der Waals surface area contributed by atoms with Crippen LogP contribution in [-0.4, -0.2) is 18.2 Å². The van der Waals surface area contributed by atoms with Crippen molar-refractivity contribution in [2.45, 2.75) is 6.92 Å². The summed E-state index contributed by atoms with van der Waals surface area (Å²) >= 11 is 0. The summed E-state index contributed by atoms with van der Waals surface area (Å²) in [5, 5.41) is 4.10. The minimum absolute atomic E-state index is 0.288. The van der Waals surface area contributed by atoms with Crippen LogP contribution in [0.2, 0.25) is 0 Å². The van der Waals surface area contributed by atoms with Crippen molar-refractivity contribution < 1.29 is 9.53 Å². The molecule has 0 spiro atoms. The van der Waals surface area contributed by atoms with Crippen molar-refractivity contribution in [3.8, 4) is 5.75 Å². The fourth-order valence-corrected chi connectivity index (χ4v) is 1.89. The largest absolute Gasteiger partial charge is 0.490 e. The van der Waals surface area contributed by atoms with E-state index in [1.54, 1.807) is 49.4 Å². The van der Waals surface area contributed by atoms with Crippen molar-refractivity contribution >= 4 is 17.3 Å². The van der Waals surface area contributed by atoms with E-state index < -0.39 is 0 Å². The Hall–Kier alpha value is -3.08. The van der Waals surface area contributed by atoms with Gasteiger partial charge in [-0.05, 0) is 48.9 Å². The monoisotopic (exact) mass is 309 g/mol. The number of amides is 1. The number of nitrogens with zero attached hydrogens (tertiary/aromatic N) is 1. The van der Waals surface area contributed by atoms with Crippen LogP contribution in [0.1, 0.15) is 22.8 Å². The van der Waals surface area contributed by atoms with Gasteiger partial charge in [0.2, 0.25) is 0 Å². The highest BCUT2D eigenvalue weighted by molar-refractivity contribution is 6.01. The van der Waals surface area contributed by atoms with Gasteiger partial charge in [-0.2, -0.15) is 5.10 Å². The van der Waals surface area contributed by atoms with Gasteiger partial charge in [-0.25, -0.2) is 5.43 Å². The van der Waals surface area contributed by atoms with Crippen LogP contribution in [-0.2, 0) is 0 Å². The summed E-state index contributed by atoms with van der Waals surface area (Å²) < 4.78 is 5.37. The third kappa shape index (κ3) is 4.71. The van der Waals surface area contributed by atoms with Crippen LogP contribution >= 0.6 is 0 Å². The molecule has 0 aromatic heterocycles. The molecule has 0 aliphatic rings. The molecule has 0 heterocycles. The summed E-state index contributed by atoms with van der Waals surface area (Å²) in [4.78, 5) is 12.1. The van der Waals surface area contributed by atoms with E-state index in [0.29, 0.717) is 29.3 Å². The maximum atomic E-state index is 12.1. The Labute approximate surface area is 135 Å². The summed E-state index contributed by atoms with van der Waals surface area (Å²) in [6.45, 7) is 5.81. The molecule has 5 heteroatoms. The Bertz CT molecular complexity index is 721. The Morgan fingerprint density at radius 3 is 2.65 bits per heavy atom. The van der Waals surface area contributed by atoms with E-state index in [1.165, 1.54) is 0 Å². The van der Waals surface area contributed by atoms with E-state index >= 15 is 0 Å². The predicted octanol–water partition coefficient (Wildman–Crippen LogP) is 2.99. The molecule has 2 aromatic carbocycles. The Balaban J connectivity index is 2.01. The number of nitrogens with one attached hydrogen (secondary N) is 1. The van der Waals surface area contributed by atoms with Crippen LogP contribution < -0.4 is 15.9 Å². The van der Waals surface area contributed by atoms with Gasteiger partial charge >= 0.3 is 0 Å². The quantitative estimate of drug-likeness (QED) is 0.373. The predicted molar refractivity (Wildman–Crippen MR) is 92.7 cm³/mol. The Morgan fingerprint density at radius 2 is 2.00 bits per heavy atom. The number of nitrogen functional groups attached to an aromatic ring is 1. The van der Waals surface area contributed by atoms with Gasteiger partial charge < -0.3 is 10.5 Å². The lowest BCUT2D eigenvalue weighted by Gasteiger charge is -2.05. The third-order valence-electron chi connectivity index (χ3n) is 3.11. The molecule has 2 rings (SSSR count). The molecule has 23 heavy (non-hydrogen) atoms. The molecule has 0 radical (unpaired) electrons. The highest BCUT2D eigenvalue weighted by Gasteiger charge is 2.05. The molecule has 0 unspecified atom stereocenters. The molecule has 118 valence electrons. The molecule has 1 amide bonds. The fraction of sp³-hybridized carbons (Fsp3) is 0.111. The molecule has 3 N–H and O–H groups in total. The van der Waals surface area contributed by atoms with Crippen molar-refractivity contribution in [1.82, 2.24) is 5.43 Å². The smallest absolute Gasteiger partial charge is 0.271 e. The number of hydrogen-bond donors (Lipinski definition) is 2. The summed E-state index contributed by atoms with van der Waals surface area (Å²) in [6.07, 6.45) is 1.66. The first-order valence-electron chi connectivity index (χ1n) is 7.14. The van der Waals surface area contributed by atoms with Gasteiger partial charge in [-0.3, -0.25) is 4.79 Å². The van der Waals surface area contributed by atoms with Crippen molar-refractivity contribution in [3.05, 3.63) is 72.3 Å². The number of hydrogen-bond acceptors (Lipinski definition) is 4. The number of benzene rings is 2. The summed E-state index contributed by atoms with van der Waals surface area (Å²) in [6, 6.07) is 14.1. The third-order valence-corrected chi connectivity index (χ3v) is 3.11. The molecule has 0 fully saturated rings. The van der Waals surface area contributed by atoms with Crippen LogP contribution in [0, 0.1) is 0 Å². The topological polar surface area (TPSA) is 76.7 Å². The number of ether oxygens (including phenoxy) is 1. The number of hydrazone groups is 1. The number of carbonyl (C=O) groups excluding carboxylic acids is 1. The van der Waals surface area contributed by atoms with Gasteiger partial charge in [0.15, 0.2) is 0 Å². The van der Waals surface area contributed by atoms with Crippen LogP contribution in [0.3, 0.4) is 0 Å². The maximum Gasteiger partial charge on any atom is 0.271 e. The minimum atomic E-state index is -0.288. The lowest BCUT2D eigenvalue weighted by atomic mass is 10.1. The van der Waals surface area contributed by atoms with Crippen LogP contribution in [0.4, 0.5) is 5.69 Å². The standard InChI is InChI=1S/C18H19N3O2/c1-3-11-23-17-9-7-14(8-10-17)18(22)21-20-13(2)15-5-4-6-16(19)12-15/h3-10,12H,1,11,19H2,2H3,(H,21,22)/b20-13+. The Morgan fingerprint density at radius 1 is 1.26 bits per heavy atom. The first kappa shape index (κ1) is 16.3. The molecular weight excluding hydrogens is 290 g/mol.